The molecule has 7 nitrogen and oxygen atoms in total. The van der Waals surface area contributed by atoms with Crippen molar-refractivity contribution in [2.45, 2.75) is 32.4 Å². The Bertz CT molecular complexity index is 718. The summed E-state index contributed by atoms with van der Waals surface area (Å²) < 4.78 is 2.05. The van der Waals surface area contributed by atoms with E-state index in [4.69, 9.17) is 16.1 Å². The van der Waals surface area contributed by atoms with E-state index in [1.165, 1.54) is 5.56 Å². The van der Waals surface area contributed by atoms with Gasteiger partial charge in [0.2, 0.25) is 0 Å². The second kappa shape index (κ2) is 4.54. The number of nitrogens with one attached hydrogen (secondary N) is 1. The highest BCUT2D eigenvalue weighted by atomic mass is 15.3. The molecule has 0 saturated carbocycles. The Morgan fingerprint density at radius 3 is 3.05 bits per heavy atom. The van der Waals surface area contributed by atoms with E-state index in [2.05, 4.69) is 19.7 Å². The molecule has 2 aromatic heterocycles. The van der Waals surface area contributed by atoms with Crippen LogP contribution in [0.2, 0.25) is 0 Å². The number of hydrogen-bond donors (Lipinski definition) is 2. The van der Waals surface area contributed by atoms with Crippen molar-refractivity contribution >= 4 is 11.7 Å². The molecule has 2 aliphatic rings. The molecule has 0 saturated heterocycles. The highest BCUT2D eigenvalue weighted by molar-refractivity contribution is 6.00. The fourth-order valence-corrected chi connectivity index (χ4v) is 3.15. The Kier molecular flexibility index (Phi) is 2.66. The fraction of sp³-hybridized carbons (Fsp3) is 0.429. The van der Waals surface area contributed by atoms with Gasteiger partial charge in [0.1, 0.15) is 18.0 Å². The molecule has 3 N–H and O–H groups in total. The summed E-state index contributed by atoms with van der Waals surface area (Å²) in [6.45, 7) is 2.32. The van der Waals surface area contributed by atoms with Crippen molar-refractivity contribution in [2.24, 2.45) is 5.73 Å². The summed E-state index contributed by atoms with van der Waals surface area (Å²) in [5.74, 6) is 1.83. The summed E-state index contributed by atoms with van der Waals surface area (Å²) in [4.78, 5) is 6.96. The van der Waals surface area contributed by atoms with E-state index >= 15 is 0 Å². The molecule has 0 atom stereocenters. The molecule has 0 amide bonds. The average Bonchev–Trinajstić information content (AvgIpc) is 3.13. The number of anilines is 1. The van der Waals surface area contributed by atoms with Crippen LogP contribution in [0.1, 0.15) is 29.1 Å². The third-order valence-corrected chi connectivity index (χ3v) is 4.26. The number of hydrogen-bond acceptors (Lipinski definition) is 5. The van der Waals surface area contributed by atoms with Gasteiger partial charge in [-0.3, -0.25) is 5.41 Å². The minimum atomic E-state index is 0.0826. The number of aromatic nitrogens is 4. The SMILES string of the molecule is N=C(N)c1cc2c(nc1N1CCn3cnnc3C1)CCC2. The molecule has 2 aromatic rings. The van der Waals surface area contributed by atoms with Gasteiger partial charge in [0.15, 0.2) is 5.82 Å². The molecule has 3 heterocycles. The average molecular weight is 283 g/mol. The van der Waals surface area contributed by atoms with E-state index in [1.54, 1.807) is 6.33 Å². The summed E-state index contributed by atoms with van der Waals surface area (Å²) in [5, 5.41) is 15.9. The number of pyridine rings is 1. The predicted molar refractivity (Wildman–Crippen MR) is 78.4 cm³/mol. The Morgan fingerprint density at radius 2 is 2.19 bits per heavy atom. The van der Waals surface area contributed by atoms with Crippen LogP contribution in [0.5, 0.6) is 0 Å². The van der Waals surface area contributed by atoms with Gasteiger partial charge in [0, 0.05) is 18.8 Å². The summed E-state index contributed by atoms with van der Waals surface area (Å²) >= 11 is 0. The standard InChI is InChI=1S/C14H17N7/c15-13(16)10-6-9-2-1-3-11(9)18-14(10)20-4-5-21-8-17-19-12(21)7-20/h6,8H,1-5,7H2,(H3,15,16). The first kappa shape index (κ1) is 12.3. The van der Waals surface area contributed by atoms with E-state index in [1.807, 2.05) is 6.07 Å². The van der Waals surface area contributed by atoms with Gasteiger partial charge in [-0.1, -0.05) is 0 Å². The smallest absolute Gasteiger partial charge is 0.152 e. The van der Waals surface area contributed by atoms with Crippen LogP contribution >= 0.6 is 0 Å². The highest BCUT2D eigenvalue weighted by Crippen LogP contribution is 2.28. The maximum Gasteiger partial charge on any atom is 0.152 e. The molecule has 1 aliphatic heterocycles. The van der Waals surface area contributed by atoms with Gasteiger partial charge >= 0.3 is 0 Å². The number of nitrogens with two attached hydrogens (primary N) is 1. The largest absolute Gasteiger partial charge is 0.384 e. The monoisotopic (exact) mass is 283 g/mol. The van der Waals surface area contributed by atoms with Crippen molar-refractivity contribution in [2.75, 3.05) is 11.4 Å². The first-order valence-electron chi connectivity index (χ1n) is 7.21. The molecule has 0 bridgehead atoms. The second-order valence-electron chi connectivity index (χ2n) is 5.59. The molecule has 0 aromatic carbocycles. The van der Waals surface area contributed by atoms with Crippen LogP contribution in [0.4, 0.5) is 5.82 Å². The van der Waals surface area contributed by atoms with E-state index in [0.29, 0.717) is 6.54 Å². The van der Waals surface area contributed by atoms with E-state index in [0.717, 1.165) is 55.3 Å². The van der Waals surface area contributed by atoms with Gasteiger partial charge < -0.3 is 15.2 Å². The van der Waals surface area contributed by atoms with Crippen LogP contribution in [0.3, 0.4) is 0 Å². The molecular weight excluding hydrogens is 266 g/mol. The zero-order valence-electron chi connectivity index (χ0n) is 11.7. The molecule has 1 aliphatic carbocycles. The van der Waals surface area contributed by atoms with Gasteiger partial charge in [-0.25, -0.2) is 4.98 Å². The number of fused-ring (bicyclic) bond motifs is 2. The predicted octanol–water partition coefficient (Wildman–Crippen LogP) is 0.466. The number of nitrogens with zero attached hydrogens (tertiary/aromatic N) is 5. The summed E-state index contributed by atoms with van der Waals surface area (Å²) in [6.07, 6.45) is 4.95. The van der Waals surface area contributed by atoms with Gasteiger partial charge in [-0.2, -0.15) is 0 Å². The van der Waals surface area contributed by atoms with Crippen LogP contribution in [-0.2, 0) is 25.9 Å². The van der Waals surface area contributed by atoms with Crippen molar-refractivity contribution in [1.29, 1.82) is 5.41 Å². The number of nitrogen functional groups attached to an aromatic ring is 1. The highest BCUT2D eigenvalue weighted by Gasteiger charge is 2.24. The lowest BCUT2D eigenvalue weighted by atomic mass is 10.1. The molecule has 108 valence electrons. The van der Waals surface area contributed by atoms with E-state index in [9.17, 15) is 0 Å². The minimum absolute atomic E-state index is 0.0826. The zero-order chi connectivity index (χ0) is 14.4. The third-order valence-electron chi connectivity index (χ3n) is 4.26. The fourth-order valence-electron chi connectivity index (χ4n) is 3.15. The Morgan fingerprint density at radius 1 is 1.29 bits per heavy atom. The first-order valence-corrected chi connectivity index (χ1v) is 7.21. The maximum absolute atomic E-state index is 7.85. The maximum atomic E-state index is 7.85. The van der Waals surface area contributed by atoms with Crippen LogP contribution in [0.15, 0.2) is 12.4 Å². The molecule has 7 heteroatoms. The Hall–Kier alpha value is -2.44. The molecule has 0 radical (unpaired) electrons. The molecule has 21 heavy (non-hydrogen) atoms. The third kappa shape index (κ3) is 1.96. The molecule has 4 rings (SSSR count). The van der Waals surface area contributed by atoms with Gasteiger partial charge in [-0.05, 0) is 30.9 Å². The quantitative estimate of drug-likeness (QED) is 0.616. The number of aryl methyl sites for hydroxylation is 2. The van der Waals surface area contributed by atoms with E-state index < -0.39 is 0 Å². The van der Waals surface area contributed by atoms with Gasteiger partial charge in [-0.15, -0.1) is 10.2 Å². The lowest BCUT2D eigenvalue weighted by Crippen LogP contribution is -2.36. The van der Waals surface area contributed by atoms with Crippen LogP contribution in [0, 0.1) is 5.41 Å². The second-order valence-corrected chi connectivity index (χ2v) is 5.59. The topological polar surface area (TPSA) is 96.7 Å². The minimum Gasteiger partial charge on any atom is -0.384 e. The van der Waals surface area contributed by atoms with Crippen molar-refractivity contribution in [3.63, 3.8) is 0 Å². The number of rotatable bonds is 2. The number of amidine groups is 1. The Labute approximate surface area is 122 Å². The van der Waals surface area contributed by atoms with Gasteiger partial charge in [0.05, 0.1) is 12.1 Å². The van der Waals surface area contributed by atoms with E-state index in [-0.39, 0.29) is 5.84 Å². The molecule has 0 spiro atoms. The van der Waals surface area contributed by atoms with Gasteiger partial charge in [0.25, 0.3) is 0 Å². The Balaban J connectivity index is 1.76. The van der Waals surface area contributed by atoms with Crippen molar-refractivity contribution in [3.8, 4) is 0 Å². The molecule has 0 unspecified atom stereocenters. The molecular formula is C14H17N7. The lowest BCUT2D eigenvalue weighted by Gasteiger charge is -2.29. The lowest BCUT2D eigenvalue weighted by molar-refractivity contribution is 0.555. The van der Waals surface area contributed by atoms with Crippen molar-refractivity contribution in [1.82, 2.24) is 19.7 Å². The molecule has 0 fully saturated rings. The van der Waals surface area contributed by atoms with Crippen molar-refractivity contribution in [3.05, 3.63) is 35.0 Å². The summed E-state index contributed by atoms with van der Waals surface area (Å²) in [7, 11) is 0. The van der Waals surface area contributed by atoms with Crippen LogP contribution in [-0.4, -0.2) is 32.1 Å². The van der Waals surface area contributed by atoms with Crippen LogP contribution in [0.25, 0.3) is 0 Å². The first-order chi connectivity index (χ1) is 10.2. The summed E-state index contributed by atoms with van der Waals surface area (Å²) in [5.41, 5.74) is 8.91. The normalized spacial score (nSPS) is 16.7. The zero-order valence-corrected chi connectivity index (χ0v) is 11.7. The van der Waals surface area contributed by atoms with Crippen LogP contribution < -0.4 is 10.6 Å². The summed E-state index contributed by atoms with van der Waals surface area (Å²) in [6, 6.07) is 2.05. The van der Waals surface area contributed by atoms with Crippen molar-refractivity contribution < 1.29 is 0 Å².